The quantitative estimate of drug-likeness (QED) is 0.155. The minimum absolute atomic E-state index is 1.16. The molecule has 0 aliphatic heterocycles. The zero-order chi connectivity index (χ0) is 35.3. The van der Waals surface area contributed by atoms with Gasteiger partial charge in [-0.15, -0.1) is 0 Å². The summed E-state index contributed by atoms with van der Waals surface area (Å²) in [5.74, 6) is 0. The third kappa shape index (κ3) is 5.27. The summed E-state index contributed by atoms with van der Waals surface area (Å²) in [5.41, 5.74) is 15.7. The van der Waals surface area contributed by atoms with Crippen LogP contribution in [0.15, 0.2) is 188 Å². The van der Waals surface area contributed by atoms with Gasteiger partial charge in [-0.1, -0.05) is 157 Å². The Morgan fingerprint density at radius 3 is 1.60 bits per heavy atom. The van der Waals surface area contributed by atoms with E-state index in [4.69, 9.17) is 0 Å². The van der Waals surface area contributed by atoms with Crippen molar-refractivity contribution < 1.29 is 0 Å². The predicted molar refractivity (Wildman–Crippen MR) is 226 cm³/mol. The van der Waals surface area contributed by atoms with E-state index >= 15 is 0 Å². The first-order chi connectivity index (χ1) is 26.2. The summed E-state index contributed by atoms with van der Waals surface area (Å²) in [6, 6.07) is 68.2. The lowest BCUT2D eigenvalue weighted by Gasteiger charge is -2.14. The molecule has 0 N–H and O–H groups in total. The summed E-state index contributed by atoms with van der Waals surface area (Å²) in [6.45, 7) is 2.14. The van der Waals surface area contributed by atoms with Gasteiger partial charge in [0.1, 0.15) is 0 Å². The van der Waals surface area contributed by atoms with E-state index in [0.717, 1.165) is 5.56 Å². The molecule has 8 aromatic carbocycles. The van der Waals surface area contributed by atoms with Gasteiger partial charge >= 0.3 is 0 Å². The molecule has 0 radical (unpaired) electrons. The Morgan fingerprint density at radius 1 is 0.377 bits per heavy atom. The molecule has 0 amide bonds. The van der Waals surface area contributed by atoms with E-state index in [9.17, 15) is 0 Å². The minimum Gasteiger partial charge on any atom is -0.309 e. The molecule has 0 aliphatic carbocycles. The Balaban J connectivity index is 0.994. The van der Waals surface area contributed by atoms with Gasteiger partial charge in [0.15, 0.2) is 0 Å². The van der Waals surface area contributed by atoms with E-state index in [1.165, 1.54) is 88.4 Å². The first kappa shape index (κ1) is 30.9. The van der Waals surface area contributed by atoms with Crippen molar-refractivity contribution in [3.63, 3.8) is 0 Å². The van der Waals surface area contributed by atoms with E-state index < -0.39 is 0 Å². The SMILES string of the molecule is Cc1ccc(-n2c3ccccc3c3cc(-c4ccccc4C=Cc4ccc(-c5ccccc5-n5c6ccccc6c6ccccc65)cc4)ccc32)cc1. The Bertz CT molecular complexity index is 2940. The number of fused-ring (bicyclic) bond motifs is 6. The van der Waals surface area contributed by atoms with Gasteiger partial charge in [-0.05, 0) is 83.3 Å². The molecule has 2 aromatic heterocycles. The minimum atomic E-state index is 1.16. The predicted octanol–water partition coefficient (Wildman–Crippen LogP) is 13.7. The van der Waals surface area contributed by atoms with Crippen molar-refractivity contribution in [3.8, 4) is 33.6 Å². The molecule has 53 heavy (non-hydrogen) atoms. The summed E-state index contributed by atoms with van der Waals surface area (Å²) in [4.78, 5) is 0. The number of aromatic nitrogens is 2. The van der Waals surface area contributed by atoms with Crippen molar-refractivity contribution in [3.05, 3.63) is 205 Å². The molecule has 2 nitrogen and oxygen atoms in total. The number of hydrogen-bond acceptors (Lipinski definition) is 0. The van der Waals surface area contributed by atoms with Crippen molar-refractivity contribution in [2.45, 2.75) is 6.92 Å². The monoisotopic (exact) mass is 676 g/mol. The van der Waals surface area contributed by atoms with Gasteiger partial charge in [0.25, 0.3) is 0 Å². The average molecular weight is 677 g/mol. The zero-order valence-corrected chi connectivity index (χ0v) is 29.4. The van der Waals surface area contributed by atoms with Crippen LogP contribution in [-0.4, -0.2) is 9.13 Å². The fraction of sp³-hybridized carbons (Fsp3) is 0.0196. The van der Waals surface area contributed by atoms with Crippen LogP contribution >= 0.6 is 0 Å². The molecular formula is C51H36N2. The number of aryl methyl sites for hydroxylation is 1. The van der Waals surface area contributed by atoms with Crippen LogP contribution in [-0.2, 0) is 0 Å². The molecule has 2 heteroatoms. The molecule has 0 atom stereocenters. The number of hydrogen-bond donors (Lipinski definition) is 0. The van der Waals surface area contributed by atoms with E-state index in [0.29, 0.717) is 0 Å². The fourth-order valence-electron chi connectivity index (χ4n) is 8.07. The molecule has 10 aromatic rings. The van der Waals surface area contributed by atoms with Gasteiger partial charge in [0.2, 0.25) is 0 Å². The van der Waals surface area contributed by atoms with Crippen LogP contribution in [0.25, 0.3) is 89.4 Å². The van der Waals surface area contributed by atoms with Crippen LogP contribution in [0.5, 0.6) is 0 Å². The molecule has 0 bridgehead atoms. The van der Waals surface area contributed by atoms with E-state index in [1.807, 2.05) is 0 Å². The maximum atomic E-state index is 2.41. The van der Waals surface area contributed by atoms with Crippen molar-refractivity contribution in [1.82, 2.24) is 9.13 Å². The normalized spacial score (nSPS) is 11.8. The van der Waals surface area contributed by atoms with Crippen LogP contribution < -0.4 is 0 Å². The van der Waals surface area contributed by atoms with Gasteiger partial charge in [0, 0.05) is 32.8 Å². The molecule has 0 aliphatic rings. The maximum Gasteiger partial charge on any atom is 0.0541 e. The highest BCUT2D eigenvalue weighted by atomic mass is 15.0. The lowest BCUT2D eigenvalue weighted by molar-refractivity contribution is 1.17. The Hall–Kier alpha value is -6.90. The van der Waals surface area contributed by atoms with Crippen LogP contribution in [0.1, 0.15) is 16.7 Å². The smallest absolute Gasteiger partial charge is 0.0541 e. The Kier molecular flexibility index (Phi) is 7.40. The topological polar surface area (TPSA) is 9.86 Å². The lowest BCUT2D eigenvalue weighted by Crippen LogP contribution is -1.96. The Labute approximate surface area is 309 Å². The number of para-hydroxylation sites is 4. The maximum absolute atomic E-state index is 2.41. The van der Waals surface area contributed by atoms with Crippen LogP contribution in [0.2, 0.25) is 0 Å². The largest absolute Gasteiger partial charge is 0.309 e. The molecule has 0 unspecified atom stereocenters. The molecule has 0 saturated heterocycles. The van der Waals surface area contributed by atoms with Crippen LogP contribution in [0, 0.1) is 6.92 Å². The average Bonchev–Trinajstić information content (AvgIpc) is 3.73. The van der Waals surface area contributed by atoms with Gasteiger partial charge in [-0.3, -0.25) is 0 Å². The summed E-state index contributed by atoms with van der Waals surface area (Å²) < 4.78 is 4.78. The number of rotatable bonds is 6. The van der Waals surface area contributed by atoms with Crippen LogP contribution in [0.4, 0.5) is 0 Å². The summed E-state index contributed by atoms with van der Waals surface area (Å²) in [5, 5.41) is 5.06. The second-order valence-electron chi connectivity index (χ2n) is 13.8. The molecule has 10 rings (SSSR count). The summed E-state index contributed by atoms with van der Waals surface area (Å²) >= 11 is 0. The fourth-order valence-corrected chi connectivity index (χ4v) is 8.07. The number of nitrogens with zero attached hydrogens (tertiary/aromatic N) is 2. The highest BCUT2D eigenvalue weighted by Crippen LogP contribution is 2.38. The third-order valence-corrected chi connectivity index (χ3v) is 10.6. The highest BCUT2D eigenvalue weighted by molar-refractivity contribution is 6.11. The molecule has 0 fully saturated rings. The third-order valence-electron chi connectivity index (χ3n) is 10.6. The van der Waals surface area contributed by atoms with Gasteiger partial charge in [-0.25, -0.2) is 0 Å². The van der Waals surface area contributed by atoms with Gasteiger partial charge < -0.3 is 9.13 Å². The van der Waals surface area contributed by atoms with Crippen molar-refractivity contribution in [1.29, 1.82) is 0 Å². The second-order valence-corrected chi connectivity index (χ2v) is 13.8. The highest BCUT2D eigenvalue weighted by Gasteiger charge is 2.16. The van der Waals surface area contributed by atoms with E-state index in [2.05, 4.69) is 216 Å². The first-order valence-electron chi connectivity index (χ1n) is 18.3. The first-order valence-corrected chi connectivity index (χ1v) is 18.3. The molecule has 0 spiro atoms. The second kappa shape index (κ2) is 12.7. The zero-order valence-electron chi connectivity index (χ0n) is 29.4. The number of benzene rings is 8. The molecule has 2 heterocycles. The van der Waals surface area contributed by atoms with Crippen molar-refractivity contribution in [2.75, 3.05) is 0 Å². The lowest BCUT2D eigenvalue weighted by atomic mass is 9.97. The van der Waals surface area contributed by atoms with Gasteiger partial charge in [-0.2, -0.15) is 0 Å². The molecule has 0 saturated carbocycles. The summed E-state index contributed by atoms with van der Waals surface area (Å²) in [7, 11) is 0. The van der Waals surface area contributed by atoms with Crippen LogP contribution in [0.3, 0.4) is 0 Å². The van der Waals surface area contributed by atoms with Crippen molar-refractivity contribution in [2.24, 2.45) is 0 Å². The molecular weight excluding hydrogens is 641 g/mol. The molecule has 250 valence electrons. The van der Waals surface area contributed by atoms with Gasteiger partial charge in [0.05, 0.1) is 27.8 Å². The van der Waals surface area contributed by atoms with E-state index in [-0.39, 0.29) is 0 Å². The van der Waals surface area contributed by atoms with E-state index in [1.54, 1.807) is 0 Å². The Morgan fingerprint density at radius 2 is 0.906 bits per heavy atom. The standard InChI is InChI=1S/C51H36N2/c1-35-22-31-40(32-23-35)52-48-19-9-7-17-45(48)46-34-39(30-33-51(46)52)41-13-3-2-12-37(41)27-24-36-25-28-38(29-26-36)42-14-4-8-18-47(42)53-49-20-10-5-15-43(49)44-16-6-11-21-50(44)53/h2-34H,1H3. The summed E-state index contributed by atoms with van der Waals surface area (Å²) in [6.07, 6.45) is 4.47. The van der Waals surface area contributed by atoms with Crippen molar-refractivity contribution >= 4 is 55.8 Å².